The molecule has 168 valence electrons. The zero-order chi connectivity index (χ0) is 23.0. The first-order chi connectivity index (χ1) is 14.7. The highest BCUT2D eigenvalue weighted by molar-refractivity contribution is 7.92. The van der Waals surface area contributed by atoms with Gasteiger partial charge in [-0.25, -0.2) is 8.42 Å². The topological polar surface area (TPSA) is 96.0 Å². The maximum atomic E-state index is 13.4. The van der Waals surface area contributed by atoms with Gasteiger partial charge in [-0.1, -0.05) is 43.3 Å². The van der Waals surface area contributed by atoms with Gasteiger partial charge in [-0.05, 0) is 24.1 Å². The van der Waals surface area contributed by atoms with Crippen molar-refractivity contribution in [2.24, 2.45) is 0 Å². The predicted molar refractivity (Wildman–Crippen MR) is 120 cm³/mol. The zero-order valence-corrected chi connectivity index (χ0v) is 19.1. The van der Waals surface area contributed by atoms with Crippen LogP contribution in [0.25, 0.3) is 0 Å². The number of ether oxygens (including phenoxy) is 1. The standard InChI is InChI=1S/C22H29N3O5S/c1-5-20(22(27)23-2)24(15-17-10-7-6-8-11-17)21(26)16-25(31(4,28)29)18-12-9-13-19(14-18)30-3/h6-14,20H,5,15-16H2,1-4H3,(H,23,27). The Bertz CT molecular complexity index is 995. The molecule has 0 bridgehead atoms. The van der Waals surface area contributed by atoms with E-state index in [2.05, 4.69) is 5.32 Å². The van der Waals surface area contributed by atoms with Gasteiger partial charge in [-0.3, -0.25) is 13.9 Å². The lowest BCUT2D eigenvalue weighted by atomic mass is 10.1. The van der Waals surface area contributed by atoms with E-state index < -0.39 is 28.5 Å². The molecule has 2 aromatic rings. The van der Waals surface area contributed by atoms with E-state index in [1.165, 1.54) is 19.1 Å². The van der Waals surface area contributed by atoms with Crippen LogP contribution in [-0.2, 0) is 26.2 Å². The van der Waals surface area contributed by atoms with E-state index in [1.54, 1.807) is 24.3 Å². The molecule has 31 heavy (non-hydrogen) atoms. The van der Waals surface area contributed by atoms with Crippen molar-refractivity contribution in [1.82, 2.24) is 10.2 Å². The fourth-order valence-corrected chi connectivity index (χ4v) is 4.09. The summed E-state index contributed by atoms with van der Waals surface area (Å²) in [5, 5.41) is 2.59. The number of nitrogens with one attached hydrogen (secondary N) is 1. The molecule has 1 unspecified atom stereocenters. The third-order valence-electron chi connectivity index (χ3n) is 4.85. The molecule has 2 rings (SSSR count). The number of carbonyl (C=O) groups excluding carboxylic acids is 2. The molecule has 9 heteroatoms. The fourth-order valence-electron chi connectivity index (χ4n) is 3.25. The Morgan fingerprint density at radius 2 is 1.77 bits per heavy atom. The van der Waals surface area contributed by atoms with Crippen LogP contribution in [0.3, 0.4) is 0 Å². The molecule has 0 heterocycles. The molecule has 2 aromatic carbocycles. The van der Waals surface area contributed by atoms with Crippen molar-refractivity contribution in [2.75, 3.05) is 31.3 Å². The summed E-state index contributed by atoms with van der Waals surface area (Å²) in [4.78, 5) is 27.2. The summed E-state index contributed by atoms with van der Waals surface area (Å²) >= 11 is 0. The van der Waals surface area contributed by atoms with Gasteiger partial charge in [0.1, 0.15) is 18.3 Å². The van der Waals surface area contributed by atoms with Crippen LogP contribution in [0.4, 0.5) is 5.69 Å². The summed E-state index contributed by atoms with van der Waals surface area (Å²) in [7, 11) is -0.786. The van der Waals surface area contributed by atoms with Crippen molar-refractivity contribution in [3.05, 3.63) is 60.2 Å². The number of sulfonamides is 1. The summed E-state index contributed by atoms with van der Waals surface area (Å²) in [5.41, 5.74) is 1.15. The number of methoxy groups -OCH3 is 1. The minimum Gasteiger partial charge on any atom is -0.497 e. The van der Waals surface area contributed by atoms with Gasteiger partial charge in [0.05, 0.1) is 19.1 Å². The van der Waals surface area contributed by atoms with E-state index in [9.17, 15) is 18.0 Å². The molecule has 2 amide bonds. The van der Waals surface area contributed by atoms with Crippen molar-refractivity contribution >= 4 is 27.5 Å². The second-order valence-electron chi connectivity index (χ2n) is 7.02. The van der Waals surface area contributed by atoms with Crippen molar-refractivity contribution in [3.63, 3.8) is 0 Å². The number of rotatable bonds is 10. The van der Waals surface area contributed by atoms with Gasteiger partial charge in [0.15, 0.2) is 0 Å². The average molecular weight is 448 g/mol. The molecule has 0 spiro atoms. The lowest BCUT2D eigenvalue weighted by Gasteiger charge is -2.32. The third kappa shape index (κ3) is 6.45. The molecule has 0 aliphatic heterocycles. The van der Waals surface area contributed by atoms with Crippen LogP contribution in [0.15, 0.2) is 54.6 Å². The van der Waals surface area contributed by atoms with Gasteiger partial charge in [-0.15, -0.1) is 0 Å². The SMILES string of the molecule is CCC(C(=O)NC)N(Cc1ccccc1)C(=O)CN(c1cccc(OC)c1)S(C)(=O)=O. The summed E-state index contributed by atoms with van der Waals surface area (Å²) in [6.07, 6.45) is 1.42. The second kappa shape index (κ2) is 10.8. The van der Waals surface area contributed by atoms with Gasteiger partial charge in [-0.2, -0.15) is 0 Å². The number of carbonyl (C=O) groups is 2. The van der Waals surface area contributed by atoms with Crippen molar-refractivity contribution in [3.8, 4) is 5.75 Å². The number of benzene rings is 2. The zero-order valence-electron chi connectivity index (χ0n) is 18.2. The van der Waals surface area contributed by atoms with Gasteiger partial charge in [0.25, 0.3) is 0 Å². The van der Waals surface area contributed by atoms with E-state index in [0.29, 0.717) is 17.9 Å². The van der Waals surface area contributed by atoms with Gasteiger partial charge >= 0.3 is 0 Å². The maximum Gasteiger partial charge on any atom is 0.244 e. The van der Waals surface area contributed by atoms with E-state index in [-0.39, 0.29) is 12.5 Å². The Kier molecular flexibility index (Phi) is 8.44. The van der Waals surface area contributed by atoms with Crippen LogP contribution in [0.1, 0.15) is 18.9 Å². The summed E-state index contributed by atoms with van der Waals surface area (Å²) in [6.45, 7) is 1.55. The first-order valence-corrected chi connectivity index (χ1v) is 11.7. The molecular formula is C22H29N3O5S. The lowest BCUT2D eigenvalue weighted by Crippen LogP contribution is -2.51. The molecule has 1 atom stereocenters. The minimum atomic E-state index is -3.77. The fraction of sp³-hybridized carbons (Fsp3) is 0.364. The number of amides is 2. The first kappa shape index (κ1) is 24.2. The molecule has 0 saturated carbocycles. The smallest absolute Gasteiger partial charge is 0.244 e. The van der Waals surface area contributed by atoms with E-state index >= 15 is 0 Å². The Balaban J connectivity index is 2.41. The van der Waals surface area contributed by atoms with Gasteiger partial charge < -0.3 is 15.0 Å². The predicted octanol–water partition coefficient (Wildman–Crippen LogP) is 2.01. The number of nitrogens with zero attached hydrogens (tertiary/aromatic N) is 2. The van der Waals surface area contributed by atoms with Crippen molar-refractivity contribution < 1.29 is 22.7 Å². The Hall–Kier alpha value is -3.07. The van der Waals surface area contributed by atoms with Crippen LogP contribution < -0.4 is 14.4 Å². The minimum absolute atomic E-state index is 0.182. The number of anilines is 1. The largest absolute Gasteiger partial charge is 0.497 e. The van der Waals surface area contributed by atoms with Crippen LogP contribution in [0.2, 0.25) is 0 Å². The Morgan fingerprint density at radius 3 is 2.32 bits per heavy atom. The summed E-state index contributed by atoms with van der Waals surface area (Å²) in [5.74, 6) is -0.317. The van der Waals surface area contributed by atoms with Crippen LogP contribution >= 0.6 is 0 Å². The number of hydrogen-bond donors (Lipinski definition) is 1. The van der Waals surface area contributed by atoms with E-state index in [0.717, 1.165) is 16.1 Å². The molecule has 0 fully saturated rings. The highest BCUT2D eigenvalue weighted by Crippen LogP contribution is 2.24. The van der Waals surface area contributed by atoms with Crippen molar-refractivity contribution in [2.45, 2.75) is 25.9 Å². The molecular weight excluding hydrogens is 418 g/mol. The highest BCUT2D eigenvalue weighted by Gasteiger charge is 2.31. The molecule has 0 aliphatic rings. The number of likely N-dealkylation sites (N-methyl/N-ethyl adjacent to an activating group) is 1. The van der Waals surface area contributed by atoms with Crippen LogP contribution in [0, 0.1) is 0 Å². The normalized spacial score (nSPS) is 12.0. The first-order valence-electron chi connectivity index (χ1n) is 9.88. The summed E-state index contributed by atoms with van der Waals surface area (Å²) in [6, 6.07) is 15.0. The summed E-state index contributed by atoms with van der Waals surface area (Å²) < 4.78 is 31.2. The van der Waals surface area contributed by atoms with Crippen molar-refractivity contribution in [1.29, 1.82) is 0 Å². The third-order valence-corrected chi connectivity index (χ3v) is 5.99. The molecule has 1 N–H and O–H groups in total. The Morgan fingerprint density at radius 1 is 1.10 bits per heavy atom. The van der Waals surface area contributed by atoms with Gasteiger partial charge in [0.2, 0.25) is 21.8 Å². The highest BCUT2D eigenvalue weighted by atomic mass is 32.2. The van der Waals surface area contributed by atoms with E-state index in [1.807, 2.05) is 37.3 Å². The molecule has 0 radical (unpaired) electrons. The molecule has 8 nitrogen and oxygen atoms in total. The maximum absolute atomic E-state index is 13.4. The van der Waals surface area contributed by atoms with E-state index in [4.69, 9.17) is 4.74 Å². The molecule has 0 aromatic heterocycles. The number of hydrogen-bond acceptors (Lipinski definition) is 5. The van der Waals surface area contributed by atoms with Gasteiger partial charge in [0, 0.05) is 19.7 Å². The second-order valence-corrected chi connectivity index (χ2v) is 8.92. The quantitative estimate of drug-likeness (QED) is 0.601. The Labute approximate surface area is 183 Å². The molecule has 0 saturated heterocycles. The molecule has 0 aliphatic carbocycles. The van der Waals surface area contributed by atoms with Crippen LogP contribution in [-0.4, -0.2) is 58.1 Å². The monoisotopic (exact) mass is 447 g/mol. The lowest BCUT2D eigenvalue weighted by molar-refractivity contribution is -0.140. The average Bonchev–Trinajstić information content (AvgIpc) is 2.76. The van der Waals surface area contributed by atoms with Crippen LogP contribution in [0.5, 0.6) is 5.75 Å².